The number of hydrogen-bond acceptors (Lipinski definition) is 5. The highest BCUT2D eigenvalue weighted by atomic mass is 16.4. The molecule has 0 atom stereocenters. The Bertz CT molecular complexity index is 584. The highest BCUT2D eigenvalue weighted by Gasteiger charge is 2.34. The minimum Gasteiger partial charge on any atom is -0.480 e. The van der Waals surface area contributed by atoms with E-state index in [4.69, 9.17) is 5.11 Å². The molecule has 2 aliphatic carbocycles. The molecule has 6 heteroatoms. The first-order valence-corrected chi connectivity index (χ1v) is 8.65. The van der Waals surface area contributed by atoms with E-state index in [2.05, 4.69) is 15.3 Å². The number of likely N-dealkylation sites (N-methyl/N-ethyl adjacent to an activating group) is 1. The number of aryl methyl sites for hydroxylation is 2. The molecule has 6 nitrogen and oxygen atoms in total. The quantitative estimate of drug-likeness (QED) is 0.835. The van der Waals surface area contributed by atoms with Crippen LogP contribution in [0, 0.1) is 6.92 Å². The Morgan fingerprint density at radius 2 is 2.04 bits per heavy atom. The molecule has 0 aromatic carbocycles. The highest BCUT2D eigenvalue weighted by molar-refractivity contribution is 5.69. The number of anilines is 1. The molecule has 3 rings (SSSR count). The van der Waals surface area contributed by atoms with Gasteiger partial charge in [0.15, 0.2) is 0 Å². The van der Waals surface area contributed by atoms with Crippen molar-refractivity contribution in [1.29, 1.82) is 0 Å². The molecular weight excluding hydrogens is 292 g/mol. The fourth-order valence-electron chi connectivity index (χ4n) is 3.71. The Labute approximate surface area is 137 Å². The number of aliphatic carboxylic acids is 1. The van der Waals surface area contributed by atoms with Crippen molar-refractivity contribution in [3.63, 3.8) is 0 Å². The van der Waals surface area contributed by atoms with Crippen LogP contribution in [0.2, 0.25) is 0 Å². The first-order chi connectivity index (χ1) is 11.1. The normalized spacial score (nSPS) is 23.3. The maximum Gasteiger partial charge on any atom is 0.317 e. The van der Waals surface area contributed by atoms with Gasteiger partial charge in [-0.3, -0.25) is 9.69 Å². The van der Waals surface area contributed by atoms with E-state index in [1.54, 1.807) is 0 Å². The van der Waals surface area contributed by atoms with Gasteiger partial charge in [-0.2, -0.15) is 0 Å². The van der Waals surface area contributed by atoms with Gasteiger partial charge in [0.05, 0.1) is 6.54 Å². The lowest BCUT2D eigenvalue weighted by Gasteiger charge is -2.42. The van der Waals surface area contributed by atoms with E-state index in [1.807, 2.05) is 18.7 Å². The Balaban J connectivity index is 1.62. The number of carboxylic acid groups (broad SMARTS) is 1. The maximum atomic E-state index is 10.9. The Hall–Kier alpha value is -1.69. The third kappa shape index (κ3) is 3.63. The van der Waals surface area contributed by atoms with Crippen LogP contribution in [0.1, 0.15) is 49.7 Å². The first-order valence-electron chi connectivity index (χ1n) is 8.65. The predicted molar refractivity (Wildman–Crippen MR) is 88.7 cm³/mol. The summed E-state index contributed by atoms with van der Waals surface area (Å²) in [5.41, 5.74) is 2.51. The summed E-state index contributed by atoms with van der Waals surface area (Å²) in [6, 6.07) is 0.760. The van der Waals surface area contributed by atoms with Gasteiger partial charge in [0, 0.05) is 23.3 Å². The average molecular weight is 318 g/mol. The van der Waals surface area contributed by atoms with Gasteiger partial charge in [-0.05, 0) is 52.0 Å². The summed E-state index contributed by atoms with van der Waals surface area (Å²) < 4.78 is 0. The molecule has 126 valence electrons. The van der Waals surface area contributed by atoms with E-state index < -0.39 is 5.97 Å². The fourth-order valence-corrected chi connectivity index (χ4v) is 3.71. The minimum absolute atomic E-state index is 0.135. The highest BCUT2D eigenvalue weighted by Crippen LogP contribution is 2.31. The van der Waals surface area contributed by atoms with Gasteiger partial charge < -0.3 is 10.4 Å². The predicted octanol–water partition coefficient (Wildman–Crippen LogP) is 2.01. The fraction of sp³-hybridized carbons (Fsp3) is 0.706. The topological polar surface area (TPSA) is 78.4 Å². The second kappa shape index (κ2) is 6.83. The second-order valence-electron chi connectivity index (χ2n) is 6.68. The Morgan fingerprint density at radius 1 is 1.30 bits per heavy atom. The molecule has 1 aromatic rings. The summed E-state index contributed by atoms with van der Waals surface area (Å²) in [5.74, 6) is 1.10. The molecule has 0 aliphatic heterocycles. The summed E-state index contributed by atoms with van der Waals surface area (Å²) in [6.07, 6.45) is 6.52. The molecule has 1 saturated carbocycles. The number of fused-ring (bicyclic) bond motifs is 1. The van der Waals surface area contributed by atoms with Crippen molar-refractivity contribution in [1.82, 2.24) is 14.9 Å². The molecule has 0 unspecified atom stereocenters. The lowest BCUT2D eigenvalue weighted by atomic mass is 9.85. The Kier molecular flexibility index (Phi) is 4.80. The van der Waals surface area contributed by atoms with E-state index >= 15 is 0 Å². The van der Waals surface area contributed by atoms with Crippen molar-refractivity contribution in [2.45, 2.75) is 64.5 Å². The molecule has 0 bridgehead atoms. The molecule has 1 heterocycles. The zero-order valence-corrected chi connectivity index (χ0v) is 14.0. The third-order valence-corrected chi connectivity index (χ3v) is 5.01. The molecule has 1 fully saturated rings. The van der Waals surface area contributed by atoms with Crippen LogP contribution in [0.25, 0.3) is 0 Å². The van der Waals surface area contributed by atoms with E-state index in [1.165, 1.54) is 24.1 Å². The van der Waals surface area contributed by atoms with Gasteiger partial charge in [-0.15, -0.1) is 0 Å². The van der Waals surface area contributed by atoms with Gasteiger partial charge >= 0.3 is 5.97 Å². The van der Waals surface area contributed by atoms with E-state index in [0.29, 0.717) is 12.1 Å². The van der Waals surface area contributed by atoms with Gasteiger partial charge in [-0.25, -0.2) is 9.97 Å². The number of nitrogens with one attached hydrogen (secondary N) is 1. The van der Waals surface area contributed by atoms with Crippen LogP contribution >= 0.6 is 0 Å². The minimum atomic E-state index is -0.747. The summed E-state index contributed by atoms with van der Waals surface area (Å²) >= 11 is 0. The van der Waals surface area contributed by atoms with Crippen LogP contribution in [0.15, 0.2) is 0 Å². The van der Waals surface area contributed by atoms with Crippen molar-refractivity contribution in [2.24, 2.45) is 0 Å². The zero-order valence-electron chi connectivity index (χ0n) is 14.0. The van der Waals surface area contributed by atoms with Crippen molar-refractivity contribution in [3.8, 4) is 0 Å². The van der Waals surface area contributed by atoms with Crippen LogP contribution in [0.4, 0.5) is 5.82 Å². The zero-order chi connectivity index (χ0) is 16.4. The lowest BCUT2D eigenvalue weighted by Crippen LogP contribution is -2.51. The van der Waals surface area contributed by atoms with Gasteiger partial charge in [0.2, 0.25) is 0 Å². The second-order valence-corrected chi connectivity index (χ2v) is 6.68. The smallest absolute Gasteiger partial charge is 0.317 e. The number of nitrogens with zero attached hydrogens (tertiary/aromatic N) is 3. The Morgan fingerprint density at radius 3 is 2.74 bits per heavy atom. The van der Waals surface area contributed by atoms with E-state index in [-0.39, 0.29) is 6.54 Å². The van der Waals surface area contributed by atoms with E-state index in [9.17, 15) is 4.79 Å². The molecule has 0 saturated heterocycles. The summed E-state index contributed by atoms with van der Waals surface area (Å²) in [4.78, 5) is 22.2. The molecule has 23 heavy (non-hydrogen) atoms. The van der Waals surface area contributed by atoms with E-state index in [0.717, 1.165) is 43.9 Å². The number of hydrogen-bond donors (Lipinski definition) is 2. The van der Waals surface area contributed by atoms with Gasteiger partial charge in [-0.1, -0.05) is 6.92 Å². The molecule has 1 aromatic heterocycles. The molecular formula is C17H26N4O2. The van der Waals surface area contributed by atoms with Crippen LogP contribution in [-0.2, 0) is 17.6 Å². The van der Waals surface area contributed by atoms with Gasteiger partial charge in [0.25, 0.3) is 0 Å². The summed E-state index contributed by atoms with van der Waals surface area (Å²) in [5, 5.41) is 12.6. The molecule has 2 N–H and O–H groups in total. The largest absolute Gasteiger partial charge is 0.480 e. The van der Waals surface area contributed by atoms with Gasteiger partial charge in [0.1, 0.15) is 11.6 Å². The first kappa shape index (κ1) is 16.2. The van der Waals surface area contributed by atoms with Crippen molar-refractivity contribution in [3.05, 3.63) is 17.1 Å². The number of carbonyl (C=O) groups is 1. The van der Waals surface area contributed by atoms with Crippen LogP contribution < -0.4 is 5.32 Å². The van der Waals surface area contributed by atoms with Crippen molar-refractivity contribution >= 4 is 11.8 Å². The van der Waals surface area contributed by atoms with Crippen molar-refractivity contribution < 1.29 is 9.90 Å². The third-order valence-electron chi connectivity index (χ3n) is 5.01. The van der Waals surface area contributed by atoms with Crippen LogP contribution in [-0.4, -0.2) is 51.1 Å². The standard InChI is InChI=1S/C17H26N4O2/c1-3-21(10-16(22)23)13-8-12(9-13)20-17-14-6-4-5-7-15(14)18-11(2)19-17/h12-13H,3-10H2,1-2H3,(H,22,23)(H,18,19,20). The maximum absolute atomic E-state index is 10.9. The van der Waals surface area contributed by atoms with Crippen LogP contribution in [0.5, 0.6) is 0 Å². The monoisotopic (exact) mass is 318 g/mol. The molecule has 0 amide bonds. The van der Waals surface area contributed by atoms with Crippen molar-refractivity contribution in [2.75, 3.05) is 18.4 Å². The number of rotatable bonds is 6. The number of aromatic nitrogens is 2. The lowest BCUT2D eigenvalue weighted by molar-refractivity contribution is -0.139. The number of carboxylic acids is 1. The summed E-state index contributed by atoms with van der Waals surface area (Å²) in [6.45, 7) is 4.89. The summed E-state index contributed by atoms with van der Waals surface area (Å²) in [7, 11) is 0. The molecule has 0 spiro atoms. The van der Waals surface area contributed by atoms with Crippen LogP contribution in [0.3, 0.4) is 0 Å². The average Bonchev–Trinajstić information content (AvgIpc) is 2.48. The molecule has 0 radical (unpaired) electrons. The SMILES string of the molecule is CCN(CC(=O)O)C1CC(Nc2nc(C)nc3c2CCCC3)C1. The molecule has 2 aliphatic rings.